The highest BCUT2D eigenvalue weighted by atomic mass is 35.5. The maximum Gasteiger partial charge on any atom is 0.255 e. The van der Waals surface area contributed by atoms with Crippen LogP contribution in [0.4, 0.5) is 5.69 Å². The maximum absolute atomic E-state index is 11.9. The lowest BCUT2D eigenvalue weighted by Gasteiger charge is -2.09. The highest BCUT2D eigenvalue weighted by molar-refractivity contribution is 6.31. The van der Waals surface area contributed by atoms with Crippen LogP contribution in [0.2, 0.25) is 5.02 Å². The second-order valence-electron chi connectivity index (χ2n) is 3.94. The predicted octanol–water partition coefficient (Wildman–Crippen LogP) is 3.61. The minimum Gasteiger partial charge on any atom is -0.506 e. The molecular weight excluding hydrogens is 250 g/mol. The third-order valence-corrected chi connectivity index (χ3v) is 2.97. The number of hydrogen-bond donors (Lipinski definition) is 2. The van der Waals surface area contributed by atoms with Gasteiger partial charge in [-0.25, -0.2) is 0 Å². The summed E-state index contributed by atoms with van der Waals surface area (Å²) in [6.45, 7) is 1.78. The van der Waals surface area contributed by atoms with Gasteiger partial charge in [-0.3, -0.25) is 4.79 Å². The summed E-state index contributed by atoms with van der Waals surface area (Å²) in [6.07, 6.45) is 0. The van der Waals surface area contributed by atoms with E-state index >= 15 is 0 Å². The van der Waals surface area contributed by atoms with Gasteiger partial charge in [0.2, 0.25) is 0 Å². The average molecular weight is 262 g/mol. The van der Waals surface area contributed by atoms with E-state index < -0.39 is 0 Å². The smallest absolute Gasteiger partial charge is 0.255 e. The number of nitrogens with one attached hydrogen (secondary N) is 1. The fourth-order valence-electron chi connectivity index (χ4n) is 1.55. The summed E-state index contributed by atoms with van der Waals surface area (Å²) in [6, 6.07) is 11.8. The van der Waals surface area contributed by atoms with Gasteiger partial charge in [-0.05, 0) is 36.8 Å². The van der Waals surface area contributed by atoms with Crippen LogP contribution in [0.15, 0.2) is 42.5 Å². The van der Waals surface area contributed by atoms with Crippen LogP contribution in [0.3, 0.4) is 0 Å². The van der Waals surface area contributed by atoms with E-state index in [1.165, 1.54) is 12.1 Å². The van der Waals surface area contributed by atoms with Crippen molar-refractivity contribution >= 4 is 23.2 Å². The Morgan fingerprint density at radius 3 is 2.56 bits per heavy atom. The van der Waals surface area contributed by atoms with E-state index in [1.807, 2.05) is 6.07 Å². The average Bonchev–Trinajstić information content (AvgIpc) is 2.37. The molecule has 0 aromatic heterocycles. The fourth-order valence-corrected chi connectivity index (χ4v) is 1.71. The number of carbonyl (C=O) groups excluding carboxylic acids is 1. The Hall–Kier alpha value is -2.00. The second kappa shape index (κ2) is 5.10. The van der Waals surface area contributed by atoms with Gasteiger partial charge in [0.05, 0.1) is 5.69 Å². The number of phenols is 1. The molecule has 0 heterocycles. The standard InChI is InChI=1S/C14H12ClNO2/c1-9-7-13(17)12(8-11(9)15)16-14(18)10-5-3-2-4-6-10/h2-8,17H,1H3,(H,16,18). The molecular formula is C14H12ClNO2. The number of hydrogen-bond acceptors (Lipinski definition) is 2. The molecule has 2 N–H and O–H groups in total. The van der Waals surface area contributed by atoms with Crippen molar-refractivity contribution in [1.29, 1.82) is 0 Å². The molecule has 0 fully saturated rings. The molecule has 0 unspecified atom stereocenters. The number of aryl methyl sites for hydroxylation is 1. The van der Waals surface area contributed by atoms with E-state index in [0.717, 1.165) is 5.56 Å². The highest BCUT2D eigenvalue weighted by Crippen LogP contribution is 2.30. The van der Waals surface area contributed by atoms with Crippen LogP contribution in [0.5, 0.6) is 5.75 Å². The summed E-state index contributed by atoms with van der Waals surface area (Å²) in [5, 5.41) is 12.9. The Morgan fingerprint density at radius 2 is 1.89 bits per heavy atom. The zero-order valence-electron chi connectivity index (χ0n) is 9.77. The summed E-state index contributed by atoms with van der Waals surface area (Å²) in [4.78, 5) is 11.9. The zero-order valence-corrected chi connectivity index (χ0v) is 10.5. The van der Waals surface area contributed by atoms with Gasteiger partial charge in [0, 0.05) is 10.6 Å². The first-order valence-corrected chi connectivity index (χ1v) is 5.81. The van der Waals surface area contributed by atoms with Crippen LogP contribution in [0, 0.1) is 6.92 Å². The summed E-state index contributed by atoms with van der Waals surface area (Å²) < 4.78 is 0. The van der Waals surface area contributed by atoms with E-state index in [1.54, 1.807) is 31.2 Å². The third-order valence-electron chi connectivity index (χ3n) is 2.56. The van der Waals surface area contributed by atoms with Crippen molar-refractivity contribution in [3.8, 4) is 5.75 Å². The third kappa shape index (κ3) is 2.63. The van der Waals surface area contributed by atoms with Crippen LogP contribution < -0.4 is 5.32 Å². The topological polar surface area (TPSA) is 49.3 Å². The Morgan fingerprint density at radius 1 is 1.22 bits per heavy atom. The van der Waals surface area contributed by atoms with Crippen LogP contribution in [0.1, 0.15) is 15.9 Å². The Bertz CT molecular complexity index is 582. The molecule has 0 aliphatic heterocycles. The molecule has 92 valence electrons. The van der Waals surface area contributed by atoms with Gasteiger partial charge in [-0.1, -0.05) is 29.8 Å². The van der Waals surface area contributed by atoms with Crippen LogP contribution in [-0.2, 0) is 0 Å². The molecule has 0 bridgehead atoms. The molecule has 1 amide bonds. The number of anilines is 1. The molecule has 4 heteroatoms. The number of rotatable bonds is 2. The highest BCUT2D eigenvalue weighted by Gasteiger charge is 2.10. The van der Waals surface area contributed by atoms with Crippen molar-refractivity contribution in [2.45, 2.75) is 6.92 Å². The Balaban J connectivity index is 2.25. The lowest BCUT2D eigenvalue weighted by atomic mass is 10.2. The minimum absolute atomic E-state index is 0.00109. The van der Waals surface area contributed by atoms with Crippen molar-refractivity contribution in [2.75, 3.05) is 5.32 Å². The number of halogens is 1. The van der Waals surface area contributed by atoms with Gasteiger partial charge in [0.1, 0.15) is 5.75 Å². The summed E-state index contributed by atoms with van der Waals surface area (Å²) in [7, 11) is 0. The molecule has 2 aromatic rings. The number of carbonyl (C=O) groups is 1. The van der Waals surface area contributed by atoms with Gasteiger partial charge in [-0.15, -0.1) is 0 Å². The minimum atomic E-state index is -0.286. The summed E-state index contributed by atoms with van der Waals surface area (Å²) >= 11 is 5.95. The molecule has 3 nitrogen and oxygen atoms in total. The first kappa shape index (κ1) is 12.5. The SMILES string of the molecule is Cc1cc(O)c(NC(=O)c2ccccc2)cc1Cl. The molecule has 0 saturated carbocycles. The Labute approximate surface area is 110 Å². The van der Waals surface area contributed by atoms with Crippen molar-refractivity contribution in [3.63, 3.8) is 0 Å². The summed E-state index contributed by atoms with van der Waals surface area (Å²) in [5.41, 5.74) is 1.58. The quantitative estimate of drug-likeness (QED) is 0.812. The number of phenolic OH excluding ortho intramolecular Hbond substituents is 1. The number of amides is 1. The zero-order chi connectivity index (χ0) is 13.1. The van der Waals surface area contributed by atoms with E-state index in [4.69, 9.17) is 11.6 Å². The van der Waals surface area contributed by atoms with E-state index in [-0.39, 0.29) is 11.7 Å². The van der Waals surface area contributed by atoms with Gasteiger partial charge >= 0.3 is 0 Å². The van der Waals surface area contributed by atoms with Crippen molar-refractivity contribution < 1.29 is 9.90 Å². The summed E-state index contributed by atoms with van der Waals surface area (Å²) in [5.74, 6) is -0.285. The molecule has 2 aromatic carbocycles. The lowest BCUT2D eigenvalue weighted by molar-refractivity contribution is 0.102. The van der Waals surface area contributed by atoms with Gasteiger partial charge < -0.3 is 10.4 Å². The molecule has 0 spiro atoms. The molecule has 0 atom stereocenters. The van der Waals surface area contributed by atoms with Crippen molar-refractivity contribution in [3.05, 3.63) is 58.6 Å². The largest absolute Gasteiger partial charge is 0.506 e. The van der Waals surface area contributed by atoms with Crippen LogP contribution in [-0.4, -0.2) is 11.0 Å². The molecule has 0 aliphatic rings. The monoisotopic (exact) mass is 261 g/mol. The molecule has 2 rings (SSSR count). The number of benzene rings is 2. The van der Waals surface area contributed by atoms with Gasteiger partial charge in [0.15, 0.2) is 0 Å². The van der Waals surface area contributed by atoms with Crippen LogP contribution >= 0.6 is 11.6 Å². The Kier molecular flexibility index (Phi) is 3.53. The van der Waals surface area contributed by atoms with Gasteiger partial charge in [-0.2, -0.15) is 0 Å². The maximum atomic E-state index is 11.9. The molecule has 0 aliphatic carbocycles. The normalized spacial score (nSPS) is 10.1. The van der Waals surface area contributed by atoms with Crippen molar-refractivity contribution in [1.82, 2.24) is 0 Å². The lowest BCUT2D eigenvalue weighted by Crippen LogP contribution is -2.11. The van der Waals surface area contributed by atoms with E-state index in [9.17, 15) is 9.90 Å². The first-order valence-electron chi connectivity index (χ1n) is 5.43. The van der Waals surface area contributed by atoms with E-state index in [2.05, 4.69) is 5.32 Å². The predicted molar refractivity (Wildman–Crippen MR) is 72.2 cm³/mol. The second-order valence-corrected chi connectivity index (χ2v) is 4.35. The molecule has 0 radical (unpaired) electrons. The number of aromatic hydroxyl groups is 1. The van der Waals surface area contributed by atoms with Gasteiger partial charge in [0.25, 0.3) is 5.91 Å². The van der Waals surface area contributed by atoms with Crippen LogP contribution in [0.25, 0.3) is 0 Å². The fraction of sp³-hybridized carbons (Fsp3) is 0.0714. The first-order chi connectivity index (χ1) is 8.58. The molecule has 0 saturated heterocycles. The van der Waals surface area contributed by atoms with E-state index in [0.29, 0.717) is 16.3 Å². The van der Waals surface area contributed by atoms with Crippen molar-refractivity contribution in [2.24, 2.45) is 0 Å². The molecule has 18 heavy (non-hydrogen) atoms.